The molecule has 5 nitrogen and oxygen atoms in total. The highest BCUT2D eigenvalue weighted by atomic mass is 79.9. The quantitative estimate of drug-likeness (QED) is 0.911. The van der Waals surface area contributed by atoms with Crippen molar-refractivity contribution in [3.8, 4) is 5.88 Å². The van der Waals surface area contributed by atoms with E-state index in [0.29, 0.717) is 11.6 Å². The van der Waals surface area contributed by atoms with Crippen LogP contribution >= 0.6 is 15.9 Å². The van der Waals surface area contributed by atoms with E-state index >= 15 is 0 Å². The molecule has 0 unspecified atom stereocenters. The summed E-state index contributed by atoms with van der Waals surface area (Å²) in [6, 6.07) is 1.69. The third kappa shape index (κ3) is 4.60. The highest BCUT2D eigenvalue weighted by molar-refractivity contribution is 9.10. The number of carbonyl (C=O) groups excluding carboxylic acids is 1. The van der Waals surface area contributed by atoms with Crippen LogP contribution in [0.25, 0.3) is 0 Å². The fourth-order valence-corrected chi connectivity index (χ4v) is 1.42. The number of amides is 1. The van der Waals surface area contributed by atoms with Crippen LogP contribution in [0.1, 0.15) is 20.8 Å². The number of ether oxygens (including phenoxy) is 2. The maximum Gasteiger partial charge on any atom is 0.412 e. The average molecular weight is 303 g/mol. The van der Waals surface area contributed by atoms with E-state index < -0.39 is 11.7 Å². The smallest absolute Gasteiger partial charge is 0.412 e. The highest BCUT2D eigenvalue weighted by Crippen LogP contribution is 2.25. The van der Waals surface area contributed by atoms with Crippen LogP contribution in [0.4, 0.5) is 10.5 Å². The van der Waals surface area contributed by atoms with Gasteiger partial charge in [0.05, 0.1) is 7.11 Å². The fraction of sp³-hybridized carbons (Fsp3) is 0.455. The van der Waals surface area contributed by atoms with Crippen molar-refractivity contribution in [2.24, 2.45) is 0 Å². The summed E-state index contributed by atoms with van der Waals surface area (Å²) in [6.07, 6.45) is 1.04. The Morgan fingerprint density at radius 2 is 2.12 bits per heavy atom. The lowest BCUT2D eigenvalue weighted by atomic mass is 10.2. The number of rotatable bonds is 2. The number of halogens is 1. The second kappa shape index (κ2) is 5.35. The first-order chi connectivity index (χ1) is 7.81. The Kier molecular flexibility index (Phi) is 4.34. The van der Waals surface area contributed by atoms with E-state index in [1.165, 1.54) is 7.11 Å². The molecule has 0 saturated carbocycles. The summed E-state index contributed by atoms with van der Waals surface area (Å²) in [4.78, 5) is 15.6. The van der Waals surface area contributed by atoms with Crippen molar-refractivity contribution >= 4 is 27.7 Å². The van der Waals surface area contributed by atoms with Crippen molar-refractivity contribution in [2.45, 2.75) is 26.4 Å². The molecule has 1 aromatic heterocycles. The molecule has 0 aliphatic rings. The number of hydrogen-bond acceptors (Lipinski definition) is 4. The minimum atomic E-state index is -0.546. The predicted octanol–water partition coefficient (Wildman–Crippen LogP) is 3.20. The van der Waals surface area contributed by atoms with Gasteiger partial charge in [-0.1, -0.05) is 0 Å². The molecule has 0 fully saturated rings. The van der Waals surface area contributed by atoms with Gasteiger partial charge in [-0.25, -0.2) is 9.78 Å². The van der Waals surface area contributed by atoms with Gasteiger partial charge >= 0.3 is 6.09 Å². The minimum Gasteiger partial charge on any atom is -0.480 e. The number of methoxy groups -OCH3 is 1. The average Bonchev–Trinajstić information content (AvgIpc) is 2.14. The van der Waals surface area contributed by atoms with E-state index in [4.69, 9.17) is 9.47 Å². The van der Waals surface area contributed by atoms with Crippen LogP contribution in [-0.2, 0) is 4.74 Å². The maximum atomic E-state index is 11.6. The molecule has 0 radical (unpaired) electrons. The van der Waals surface area contributed by atoms with Crippen molar-refractivity contribution in [2.75, 3.05) is 12.4 Å². The fourth-order valence-electron chi connectivity index (χ4n) is 1.09. The third-order valence-electron chi connectivity index (χ3n) is 1.65. The molecule has 6 heteroatoms. The lowest BCUT2D eigenvalue weighted by Gasteiger charge is -2.20. The second-order valence-electron chi connectivity index (χ2n) is 4.34. The standard InChI is InChI=1S/C11H15BrN2O3/c1-11(2,3)17-10(15)14-8-5-7(12)6-13-9(8)16-4/h5-6H,1-4H3,(H,14,15). The van der Waals surface area contributed by atoms with Gasteiger partial charge in [0, 0.05) is 10.7 Å². The molecule has 94 valence electrons. The lowest BCUT2D eigenvalue weighted by molar-refractivity contribution is 0.0635. The molecule has 0 saturated heterocycles. The Balaban J connectivity index is 2.80. The summed E-state index contributed by atoms with van der Waals surface area (Å²) in [7, 11) is 1.48. The van der Waals surface area contributed by atoms with Gasteiger partial charge in [0.2, 0.25) is 5.88 Å². The molecular formula is C11H15BrN2O3. The van der Waals surface area contributed by atoms with Gasteiger partial charge in [-0.3, -0.25) is 5.32 Å². The van der Waals surface area contributed by atoms with Gasteiger partial charge in [-0.05, 0) is 42.8 Å². The zero-order chi connectivity index (χ0) is 13.1. The van der Waals surface area contributed by atoms with Crippen LogP contribution in [0.15, 0.2) is 16.7 Å². The van der Waals surface area contributed by atoms with Gasteiger partial charge in [0.25, 0.3) is 0 Å². The monoisotopic (exact) mass is 302 g/mol. The van der Waals surface area contributed by atoms with Crippen molar-refractivity contribution < 1.29 is 14.3 Å². The Morgan fingerprint density at radius 3 is 2.65 bits per heavy atom. The Morgan fingerprint density at radius 1 is 1.47 bits per heavy atom. The number of carbonyl (C=O) groups is 1. The van der Waals surface area contributed by atoms with Crippen LogP contribution in [-0.4, -0.2) is 23.8 Å². The summed E-state index contributed by atoms with van der Waals surface area (Å²) in [5.74, 6) is 0.332. The number of nitrogens with one attached hydrogen (secondary N) is 1. The summed E-state index contributed by atoms with van der Waals surface area (Å²) >= 11 is 3.27. The lowest BCUT2D eigenvalue weighted by Crippen LogP contribution is -2.27. The van der Waals surface area contributed by atoms with Crippen LogP contribution in [0.2, 0.25) is 0 Å². The van der Waals surface area contributed by atoms with Crippen LogP contribution < -0.4 is 10.1 Å². The normalized spacial score (nSPS) is 10.9. The SMILES string of the molecule is COc1ncc(Br)cc1NC(=O)OC(C)(C)C. The van der Waals surface area contributed by atoms with Gasteiger partial charge < -0.3 is 9.47 Å². The molecule has 1 amide bonds. The van der Waals surface area contributed by atoms with Crippen molar-refractivity contribution in [3.63, 3.8) is 0 Å². The molecule has 1 N–H and O–H groups in total. The summed E-state index contributed by atoms with van der Waals surface area (Å²) < 4.78 is 10.9. The molecule has 0 bridgehead atoms. The van der Waals surface area contributed by atoms with Crippen LogP contribution in [0, 0.1) is 0 Å². The van der Waals surface area contributed by atoms with E-state index in [0.717, 1.165) is 4.47 Å². The van der Waals surface area contributed by atoms with E-state index in [2.05, 4.69) is 26.2 Å². The highest BCUT2D eigenvalue weighted by Gasteiger charge is 2.17. The minimum absolute atomic E-state index is 0.332. The number of nitrogens with zero attached hydrogens (tertiary/aromatic N) is 1. The Labute approximate surface area is 109 Å². The zero-order valence-corrected chi connectivity index (χ0v) is 11.8. The first-order valence-electron chi connectivity index (χ1n) is 5.01. The van der Waals surface area contributed by atoms with Crippen molar-refractivity contribution in [1.29, 1.82) is 0 Å². The number of aromatic nitrogens is 1. The molecule has 0 aliphatic heterocycles. The largest absolute Gasteiger partial charge is 0.480 e. The summed E-state index contributed by atoms with van der Waals surface area (Å²) in [6.45, 7) is 5.38. The molecule has 0 aliphatic carbocycles. The van der Waals surface area contributed by atoms with Gasteiger partial charge in [0.15, 0.2) is 0 Å². The molecule has 0 aromatic carbocycles. The zero-order valence-electron chi connectivity index (χ0n) is 10.2. The van der Waals surface area contributed by atoms with Gasteiger partial charge in [0.1, 0.15) is 11.3 Å². The molecule has 0 atom stereocenters. The predicted molar refractivity (Wildman–Crippen MR) is 68.3 cm³/mol. The van der Waals surface area contributed by atoms with Crippen molar-refractivity contribution in [3.05, 3.63) is 16.7 Å². The van der Waals surface area contributed by atoms with E-state index in [9.17, 15) is 4.79 Å². The number of hydrogen-bond donors (Lipinski definition) is 1. The first-order valence-corrected chi connectivity index (χ1v) is 5.80. The number of pyridine rings is 1. The molecule has 17 heavy (non-hydrogen) atoms. The summed E-state index contributed by atoms with van der Waals surface area (Å²) in [5, 5.41) is 2.58. The first kappa shape index (κ1) is 13.8. The number of anilines is 1. The van der Waals surface area contributed by atoms with Crippen molar-refractivity contribution in [1.82, 2.24) is 4.98 Å². The van der Waals surface area contributed by atoms with E-state index in [1.807, 2.05) is 0 Å². The third-order valence-corrected chi connectivity index (χ3v) is 2.08. The van der Waals surface area contributed by atoms with E-state index in [-0.39, 0.29) is 0 Å². The van der Waals surface area contributed by atoms with Crippen LogP contribution in [0.5, 0.6) is 5.88 Å². The second-order valence-corrected chi connectivity index (χ2v) is 5.25. The Hall–Kier alpha value is -1.30. The molecule has 0 spiro atoms. The van der Waals surface area contributed by atoms with Gasteiger partial charge in [-0.15, -0.1) is 0 Å². The molecular weight excluding hydrogens is 288 g/mol. The Bertz CT molecular complexity index is 416. The van der Waals surface area contributed by atoms with Gasteiger partial charge in [-0.2, -0.15) is 0 Å². The molecule has 1 rings (SSSR count). The summed E-state index contributed by atoms with van der Waals surface area (Å²) in [5.41, 5.74) is -0.0901. The van der Waals surface area contributed by atoms with Crippen LogP contribution in [0.3, 0.4) is 0 Å². The molecule has 1 heterocycles. The topological polar surface area (TPSA) is 60.5 Å². The van der Waals surface area contributed by atoms with E-state index in [1.54, 1.807) is 33.0 Å². The molecule has 1 aromatic rings. The maximum absolute atomic E-state index is 11.6.